The minimum Gasteiger partial charge on any atom is -0.406 e. The summed E-state index contributed by atoms with van der Waals surface area (Å²) in [7, 11) is 2.04. The first-order chi connectivity index (χ1) is 15.8. The van der Waals surface area contributed by atoms with Crippen molar-refractivity contribution in [1.29, 1.82) is 0 Å². The molecule has 1 aliphatic heterocycles. The molecule has 0 radical (unpaired) electrons. The lowest BCUT2D eigenvalue weighted by Crippen LogP contribution is -2.17. The van der Waals surface area contributed by atoms with Crippen molar-refractivity contribution in [1.82, 2.24) is 19.7 Å². The SMILES string of the molecule is CN1Cc2cc(Cl)ccc2-n2c(nnc2C2CC=C(c3cccc(OC(F)(F)F)c3)CC2)C1. The molecular formula is C24H22ClF3N4O. The summed E-state index contributed by atoms with van der Waals surface area (Å²) in [6.07, 6.45) is -0.321. The largest absolute Gasteiger partial charge is 0.573 e. The van der Waals surface area contributed by atoms with Crippen LogP contribution in [-0.2, 0) is 13.1 Å². The molecule has 3 aromatic rings. The van der Waals surface area contributed by atoms with Crippen molar-refractivity contribution in [3.63, 3.8) is 0 Å². The lowest BCUT2D eigenvalue weighted by Gasteiger charge is -2.23. The van der Waals surface area contributed by atoms with E-state index in [1.165, 1.54) is 12.1 Å². The zero-order chi connectivity index (χ0) is 23.2. The molecule has 0 N–H and O–H groups in total. The van der Waals surface area contributed by atoms with E-state index in [9.17, 15) is 13.2 Å². The van der Waals surface area contributed by atoms with Gasteiger partial charge in [0, 0.05) is 17.5 Å². The molecule has 0 saturated carbocycles. The maximum atomic E-state index is 12.6. The van der Waals surface area contributed by atoms with Gasteiger partial charge in [-0.15, -0.1) is 23.4 Å². The Labute approximate surface area is 194 Å². The zero-order valence-corrected chi connectivity index (χ0v) is 18.7. The molecule has 1 atom stereocenters. The predicted octanol–water partition coefficient (Wildman–Crippen LogP) is 6.12. The van der Waals surface area contributed by atoms with Crippen LogP contribution in [0.4, 0.5) is 13.2 Å². The van der Waals surface area contributed by atoms with Crippen LogP contribution >= 0.6 is 11.6 Å². The van der Waals surface area contributed by atoms with E-state index in [2.05, 4.69) is 30.5 Å². The summed E-state index contributed by atoms with van der Waals surface area (Å²) in [6, 6.07) is 12.0. The third-order valence-electron chi connectivity index (χ3n) is 6.10. The van der Waals surface area contributed by atoms with Crippen LogP contribution in [0.2, 0.25) is 5.02 Å². The Morgan fingerprint density at radius 1 is 1.09 bits per heavy atom. The Balaban J connectivity index is 1.42. The van der Waals surface area contributed by atoms with Crippen LogP contribution in [0.3, 0.4) is 0 Å². The van der Waals surface area contributed by atoms with Crippen molar-refractivity contribution in [2.24, 2.45) is 0 Å². The van der Waals surface area contributed by atoms with Gasteiger partial charge in [0.05, 0.1) is 12.2 Å². The van der Waals surface area contributed by atoms with E-state index in [1.54, 1.807) is 6.07 Å². The number of nitrogens with zero attached hydrogens (tertiary/aromatic N) is 4. The fourth-order valence-electron chi connectivity index (χ4n) is 4.67. The molecule has 0 bridgehead atoms. The van der Waals surface area contributed by atoms with Crippen molar-refractivity contribution < 1.29 is 17.9 Å². The number of allylic oxidation sites excluding steroid dienone is 2. The summed E-state index contributed by atoms with van der Waals surface area (Å²) >= 11 is 6.25. The first-order valence-corrected chi connectivity index (χ1v) is 11.1. The van der Waals surface area contributed by atoms with Crippen molar-refractivity contribution in [3.05, 3.63) is 76.3 Å². The van der Waals surface area contributed by atoms with Gasteiger partial charge in [-0.2, -0.15) is 0 Å². The highest BCUT2D eigenvalue weighted by Gasteiger charge is 2.31. The van der Waals surface area contributed by atoms with Gasteiger partial charge in [-0.1, -0.05) is 29.8 Å². The number of alkyl halides is 3. The molecule has 33 heavy (non-hydrogen) atoms. The molecule has 172 valence electrons. The maximum absolute atomic E-state index is 12.6. The number of aromatic nitrogens is 3. The molecule has 9 heteroatoms. The van der Waals surface area contributed by atoms with E-state index in [4.69, 9.17) is 11.6 Å². The van der Waals surface area contributed by atoms with E-state index >= 15 is 0 Å². The normalized spacial score (nSPS) is 18.8. The molecule has 1 aromatic heterocycles. The standard InChI is InChI=1S/C24H22ClF3N4O/c1-31-13-18-11-19(25)9-10-21(18)32-22(14-31)29-30-23(32)16-7-5-15(6-8-16)17-3-2-4-20(12-17)33-24(26,27)28/h2-5,9-12,16H,6-8,13-14H2,1H3. The topological polar surface area (TPSA) is 43.2 Å². The Kier molecular flexibility index (Phi) is 5.66. The lowest BCUT2D eigenvalue weighted by atomic mass is 9.86. The Hall–Kier alpha value is -2.84. The Bertz CT molecular complexity index is 1220. The molecule has 5 nitrogen and oxygen atoms in total. The van der Waals surface area contributed by atoms with Gasteiger partial charge in [0.1, 0.15) is 11.6 Å². The number of ether oxygens (including phenoxy) is 1. The van der Waals surface area contributed by atoms with E-state index in [1.807, 2.05) is 31.3 Å². The first-order valence-electron chi connectivity index (χ1n) is 10.7. The molecule has 2 aliphatic rings. The van der Waals surface area contributed by atoms with Crippen LogP contribution in [0, 0.1) is 0 Å². The highest BCUT2D eigenvalue weighted by Crippen LogP contribution is 2.38. The van der Waals surface area contributed by atoms with Gasteiger partial charge < -0.3 is 4.74 Å². The van der Waals surface area contributed by atoms with Crippen LogP contribution < -0.4 is 4.74 Å². The van der Waals surface area contributed by atoms with Gasteiger partial charge in [0.15, 0.2) is 5.82 Å². The average molecular weight is 475 g/mol. The summed E-state index contributed by atoms with van der Waals surface area (Å²) in [5.41, 5.74) is 3.93. The fraction of sp³-hybridized carbons (Fsp3) is 0.333. The molecule has 2 heterocycles. The van der Waals surface area contributed by atoms with Gasteiger partial charge >= 0.3 is 6.36 Å². The molecule has 1 unspecified atom stereocenters. The average Bonchev–Trinajstić information content (AvgIpc) is 3.10. The molecule has 2 aromatic carbocycles. The molecule has 0 spiro atoms. The summed E-state index contributed by atoms with van der Waals surface area (Å²) in [6.45, 7) is 1.45. The Morgan fingerprint density at radius 3 is 2.70 bits per heavy atom. The molecule has 5 rings (SSSR count). The summed E-state index contributed by atoms with van der Waals surface area (Å²) < 4.78 is 44.0. The van der Waals surface area contributed by atoms with Gasteiger partial charge in [0.25, 0.3) is 0 Å². The fourth-order valence-corrected chi connectivity index (χ4v) is 4.87. The lowest BCUT2D eigenvalue weighted by molar-refractivity contribution is -0.274. The van der Waals surface area contributed by atoms with Gasteiger partial charge in [-0.25, -0.2) is 0 Å². The number of benzene rings is 2. The third-order valence-corrected chi connectivity index (χ3v) is 6.34. The van der Waals surface area contributed by atoms with Crippen LogP contribution in [0.25, 0.3) is 11.3 Å². The minimum absolute atomic E-state index is 0.163. The molecule has 1 aliphatic carbocycles. The highest BCUT2D eigenvalue weighted by molar-refractivity contribution is 6.30. The molecule has 0 saturated heterocycles. The minimum atomic E-state index is -4.70. The Morgan fingerprint density at radius 2 is 1.94 bits per heavy atom. The second-order valence-corrected chi connectivity index (χ2v) is 8.97. The van der Waals surface area contributed by atoms with E-state index in [0.29, 0.717) is 11.6 Å². The summed E-state index contributed by atoms with van der Waals surface area (Å²) in [4.78, 5) is 2.18. The second kappa shape index (κ2) is 8.50. The second-order valence-electron chi connectivity index (χ2n) is 8.53. The molecule has 0 amide bonds. The van der Waals surface area contributed by atoms with Crippen molar-refractivity contribution in [2.75, 3.05) is 7.05 Å². The van der Waals surface area contributed by atoms with E-state index in [-0.39, 0.29) is 11.7 Å². The number of fused-ring (bicyclic) bond motifs is 3. The number of hydrogen-bond acceptors (Lipinski definition) is 4. The van der Waals surface area contributed by atoms with Gasteiger partial charge in [0.2, 0.25) is 0 Å². The van der Waals surface area contributed by atoms with Crippen LogP contribution in [0.1, 0.15) is 48.0 Å². The summed E-state index contributed by atoms with van der Waals surface area (Å²) in [5, 5.41) is 9.73. The number of halogens is 4. The maximum Gasteiger partial charge on any atom is 0.573 e. The summed E-state index contributed by atoms with van der Waals surface area (Å²) in [5.74, 6) is 1.76. The van der Waals surface area contributed by atoms with Gasteiger partial charge in [-0.3, -0.25) is 9.47 Å². The number of rotatable bonds is 3. The zero-order valence-electron chi connectivity index (χ0n) is 17.9. The van der Waals surface area contributed by atoms with Crippen LogP contribution in [0.15, 0.2) is 48.5 Å². The van der Waals surface area contributed by atoms with Gasteiger partial charge in [-0.05, 0) is 73.3 Å². The predicted molar refractivity (Wildman–Crippen MR) is 119 cm³/mol. The van der Waals surface area contributed by atoms with E-state index in [0.717, 1.165) is 59.8 Å². The van der Waals surface area contributed by atoms with E-state index < -0.39 is 6.36 Å². The monoisotopic (exact) mass is 474 g/mol. The van der Waals surface area contributed by atoms with Crippen molar-refractivity contribution >= 4 is 17.2 Å². The third kappa shape index (κ3) is 4.63. The van der Waals surface area contributed by atoms with Crippen LogP contribution in [-0.4, -0.2) is 33.1 Å². The quantitative estimate of drug-likeness (QED) is 0.459. The highest BCUT2D eigenvalue weighted by atomic mass is 35.5. The molecular weight excluding hydrogens is 453 g/mol. The van der Waals surface area contributed by atoms with Crippen molar-refractivity contribution in [3.8, 4) is 11.4 Å². The first kappa shape index (κ1) is 22.0. The molecule has 0 fully saturated rings. The van der Waals surface area contributed by atoms with Crippen LogP contribution in [0.5, 0.6) is 5.75 Å². The smallest absolute Gasteiger partial charge is 0.406 e. The number of hydrogen-bond donors (Lipinski definition) is 0. The van der Waals surface area contributed by atoms with Crippen molar-refractivity contribution in [2.45, 2.75) is 44.6 Å².